The van der Waals surface area contributed by atoms with Crippen LogP contribution < -0.4 is 11.1 Å². The first kappa shape index (κ1) is 11.8. The Hall–Kier alpha value is -1.66. The molecule has 0 saturated heterocycles. The van der Waals surface area contributed by atoms with Crippen molar-refractivity contribution in [2.45, 2.75) is 13.0 Å². The number of hydrogen-bond donors (Lipinski definition) is 2. The van der Waals surface area contributed by atoms with E-state index in [4.69, 9.17) is 10.2 Å². The van der Waals surface area contributed by atoms with Crippen molar-refractivity contribution in [3.63, 3.8) is 0 Å². The summed E-state index contributed by atoms with van der Waals surface area (Å²) >= 11 is 1.54. The van der Waals surface area contributed by atoms with Crippen molar-refractivity contribution in [2.24, 2.45) is 5.73 Å². The van der Waals surface area contributed by atoms with Crippen molar-refractivity contribution >= 4 is 17.2 Å². The molecule has 6 heteroatoms. The van der Waals surface area contributed by atoms with Crippen LogP contribution in [0.3, 0.4) is 0 Å². The van der Waals surface area contributed by atoms with Crippen LogP contribution in [0.1, 0.15) is 22.0 Å². The van der Waals surface area contributed by atoms with E-state index in [9.17, 15) is 4.79 Å². The van der Waals surface area contributed by atoms with Gasteiger partial charge in [-0.05, 0) is 12.1 Å². The van der Waals surface area contributed by atoms with Crippen LogP contribution in [0.25, 0.3) is 0 Å². The first-order valence-electron chi connectivity index (χ1n) is 5.23. The highest BCUT2D eigenvalue weighted by atomic mass is 32.1. The largest absolute Gasteiger partial charge is 0.455 e. The number of thiazole rings is 1. The number of hydrogen-bond acceptors (Lipinski definition) is 5. The number of nitrogens with zero attached hydrogens (tertiary/aromatic N) is 1. The quantitative estimate of drug-likeness (QED) is 0.835. The third-order valence-electron chi connectivity index (χ3n) is 2.24. The van der Waals surface area contributed by atoms with E-state index in [-0.39, 0.29) is 5.91 Å². The van der Waals surface area contributed by atoms with E-state index >= 15 is 0 Å². The molecular formula is C11H13N3O2S. The van der Waals surface area contributed by atoms with E-state index in [2.05, 4.69) is 10.3 Å². The zero-order valence-electron chi connectivity index (χ0n) is 9.18. The molecule has 0 atom stereocenters. The third kappa shape index (κ3) is 3.15. The lowest BCUT2D eigenvalue weighted by molar-refractivity contribution is 0.0924. The van der Waals surface area contributed by atoms with Gasteiger partial charge in [0.2, 0.25) is 0 Å². The Morgan fingerprint density at radius 2 is 2.41 bits per heavy atom. The lowest BCUT2D eigenvalue weighted by Crippen LogP contribution is -2.25. The molecule has 0 saturated carbocycles. The maximum atomic E-state index is 11.6. The van der Waals surface area contributed by atoms with Gasteiger partial charge in [-0.3, -0.25) is 4.79 Å². The molecule has 0 aliphatic rings. The number of amides is 1. The van der Waals surface area contributed by atoms with Crippen LogP contribution >= 0.6 is 11.3 Å². The maximum Gasteiger partial charge on any atom is 0.287 e. The summed E-state index contributed by atoms with van der Waals surface area (Å²) in [6.45, 7) is 0.841. The molecule has 2 aromatic rings. The summed E-state index contributed by atoms with van der Waals surface area (Å²) in [5, 5.41) is 4.73. The van der Waals surface area contributed by atoms with Gasteiger partial charge in [0, 0.05) is 18.3 Å². The lowest BCUT2D eigenvalue weighted by Gasteiger charge is -2.01. The third-order valence-corrected chi connectivity index (χ3v) is 2.87. The van der Waals surface area contributed by atoms with Gasteiger partial charge in [-0.15, -0.1) is 11.3 Å². The minimum atomic E-state index is -0.222. The Morgan fingerprint density at radius 3 is 3.06 bits per heavy atom. The predicted molar refractivity (Wildman–Crippen MR) is 64.8 cm³/mol. The molecular weight excluding hydrogens is 238 g/mol. The van der Waals surface area contributed by atoms with Crippen molar-refractivity contribution < 1.29 is 9.21 Å². The standard InChI is InChI=1S/C11H13N3O2S/c12-5-9-1-2-10(16-9)11(15)13-4-3-8-6-17-7-14-8/h1-2,6-7H,3-5,12H2,(H,13,15). The molecule has 0 aromatic carbocycles. The number of rotatable bonds is 5. The van der Waals surface area contributed by atoms with Crippen LogP contribution in [0.4, 0.5) is 0 Å². The Morgan fingerprint density at radius 1 is 1.53 bits per heavy atom. The van der Waals surface area contributed by atoms with Gasteiger partial charge in [0.05, 0.1) is 17.7 Å². The lowest BCUT2D eigenvalue weighted by atomic mass is 10.3. The molecule has 17 heavy (non-hydrogen) atoms. The van der Waals surface area contributed by atoms with E-state index < -0.39 is 0 Å². The van der Waals surface area contributed by atoms with Gasteiger partial charge < -0.3 is 15.5 Å². The smallest absolute Gasteiger partial charge is 0.287 e. The average molecular weight is 251 g/mol. The predicted octanol–water partition coefficient (Wildman–Crippen LogP) is 1.17. The summed E-state index contributed by atoms with van der Waals surface area (Å²) in [5.74, 6) is 0.679. The normalized spacial score (nSPS) is 10.4. The summed E-state index contributed by atoms with van der Waals surface area (Å²) in [5.41, 5.74) is 8.15. The molecule has 0 unspecified atom stereocenters. The van der Waals surface area contributed by atoms with Crippen molar-refractivity contribution in [3.05, 3.63) is 40.2 Å². The van der Waals surface area contributed by atoms with Crippen LogP contribution in [0.5, 0.6) is 0 Å². The number of carbonyl (C=O) groups excluding carboxylic acids is 1. The zero-order chi connectivity index (χ0) is 12.1. The zero-order valence-corrected chi connectivity index (χ0v) is 10.00. The number of carbonyl (C=O) groups is 1. The summed E-state index contributed by atoms with van der Waals surface area (Å²) in [7, 11) is 0. The SMILES string of the molecule is NCc1ccc(C(=O)NCCc2cscn2)o1. The molecule has 0 fully saturated rings. The van der Waals surface area contributed by atoms with E-state index in [1.807, 2.05) is 5.38 Å². The van der Waals surface area contributed by atoms with E-state index in [1.54, 1.807) is 29.0 Å². The highest BCUT2D eigenvalue weighted by Gasteiger charge is 2.09. The molecule has 2 heterocycles. The van der Waals surface area contributed by atoms with Crippen molar-refractivity contribution in [3.8, 4) is 0 Å². The second-order valence-electron chi connectivity index (χ2n) is 3.46. The second kappa shape index (κ2) is 5.60. The number of furan rings is 1. The Kier molecular flexibility index (Phi) is 3.89. The topological polar surface area (TPSA) is 81.2 Å². The summed E-state index contributed by atoms with van der Waals surface area (Å²) < 4.78 is 5.23. The van der Waals surface area contributed by atoms with Gasteiger partial charge in [0.15, 0.2) is 5.76 Å². The van der Waals surface area contributed by atoms with Gasteiger partial charge in [0.25, 0.3) is 5.91 Å². The maximum absolute atomic E-state index is 11.6. The Balaban J connectivity index is 1.81. The fourth-order valence-electron chi connectivity index (χ4n) is 1.36. The Labute approximate surface area is 103 Å². The molecule has 0 spiro atoms. The molecule has 90 valence electrons. The fraction of sp³-hybridized carbons (Fsp3) is 0.273. The highest BCUT2D eigenvalue weighted by Crippen LogP contribution is 2.07. The molecule has 0 bridgehead atoms. The first-order valence-corrected chi connectivity index (χ1v) is 6.18. The molecule has 2 rings (SSSR count). The van der Waals surface area contributed by atoms with E-state index in [0.29, 0.717) is 24.6 Å². The Bertz CT molecular complexity index is 479. The van der Waals surface area contributed by atoms with E-state index in [1.165, 1.54) is 0 Å². The molecule has 3 N–H and O–H groups in total. The van der Waals surface area contributed by atoms with Crippen LogP contribution in [-0.2, 0) is 13.0 Å². The van der Waals surface area contributed by atoms with Crippen LogP contribution in [-0.4, -0.2) is 17.4 Å². The molecule has 0 radical (unpaired) electrons. The molecule has 5 nitrogen and oxygen atoms in total. The summed E-state index contributed by atoms with van der Waals surface area (Å²) in [4.78, 5) is 15.8. The first-order chi connectivity index (χ1) is 8.29. The summed E-state index contributed by atoms with van der Waals surface area (Å²) in [6.07, 6.45) is 0.722. The fourth-order valence-corrected chi connectivity index (χ4v) is 1.95. The van der Waals surface area contributed by atoms with E-state index in [0.717, 1.165) is 12.1 Å². The van der Waals surface area contributed by atoms with Crippen LogP contribution in [0, 0.1) is 0 Å². The van der Waals surface area contributed by atoms with Crippen molar-refractivity contribution in [2.75, 3.05) is 6.54 Å². The minimum absolute atomic E-state index is 0.222. The number of nitrogens with two attached hydrogens (primary N) is 1. The molecule has 2 aromatic heterocycles. The number of aromatic nitrogens is 1. The molecule has 0 aliphatic carbocycles. The van der Waals surface area contributed by atoms with Gasteiger partial charge in [0.1, 0.15) is 5.76 Å². The van der Waals surface area contributed by atoms with Gasteiger partial charge >= 0.3 is 0 Å². The van der Waals surface area contributed by atoms with Gasteiger partial charge in [-0.1, -0.05) is 0 Å². The second-order valence-corrected chi connectivity index (χ2v) is 4.17. The van der Waals surface area contributed by atoms with Crippen LogP contribution in [0.15, 0.2) is 27.4 Å². The molecule has 1 amide bonds. The highest BCUT2D eigenvalue weighted by molar-refractivity contribution is 7.07. The average Bonchev–Trinajstić information content (AvgIpc) is 2.99. The monoisotopic (exact) mass is 251 g/mol. The van der Waals surface area contributed by atoms with Gasteiger partial charge in [-0.25, -0.2) is 4.98 Å². The number of nitrogens with one attached hydrogen (secondary N) is 1. The van der Waals surface area contributed by atoms with Crippen molar-refractivity contribution in [1.29, 1.82) is 0 Å². The molecule has 0 aliphatic heterocycles. The van der Waals surface area contributed by atoms with Crippen molar-refractivity contribution in [1.82, 2.24) is 10.3 Å². The van der Waals surface area contributed by atoms with Gasteiger partial charge in [-0.2, -0.15) is 0 Å². The van der Waals surface area contributed by atoms with Crippen LogP contribution in [0.2, 0.25) is 0 Å². The summed E-state index contributed by atoms with van der Waals surface area (Å²) in [6, 6.07) is 3.33. The minimum Gasteiger partial charge on any atom is -0.455 e.